The lowest BCUT2D eigenvalue weighted by molar-refractivity contribution is -0.126. The molecule has 1 aliphatic rings. The second-order valence-electron chi connectivity index (χ2n) is 7.63. The third kappa shape index (κ3) is 6.69. The summed E-state index contributed by atoms with van der Waals surface area (Å²) in [5, 5.41) is 2.91. The van der Waals surface area contributed by atoms with Crippen molar-refractivity contribution in [2.75, 3.05) is 32.8 Å². The number of amides is 1. The minimum Gasteiger partial charge on any atom is -0.494 e. The van der Waals surface area contributed by atoms with E-state index in [1.807, 2.05) is 27.7 Å². The van der Waals surface area contributed by atoms with Gasteiger partial charge in [-0.2, -0.15) is 4.31 Å². The normalized spacial score (nSPS) is 18.0. The van der Waals surface area contributed by atoms with Crippen molar-refractivity contribution in [1.82, 2.24) is 9.62 Å². The van der Waals surface area contributed by atoms with Gasteiger partial charge in [-0.15, -0.1) is 0 Å². The molecule has 0 unspecified atom stereocenters. The van der Waals surface area contributed by atoms with Crippen LogP contribution >= 0.6 is 0 Å². The molecule has 0 aliphatic carbocycles. The summed E-state index contributed by atoms with van der Waals surface area (Å²) in [5.74, 6) is 0.273. The van der Waals surface area contributed by atoms with E-state index in [2.05, 4.69) is 5.32 Å². The van der Waals surface area contributed by atoms with Crippen molar-refractivity contribution in [3.8, 4) is 5.75 Å². The maximum absolute atomic E-state index is 13.1. The maximum Gasteiger partial charge on any atom is 0.243 e. The highest BCUT2D eigenvalue weighted by atomic mass is 32.2. The fourth-order valence-corrected chi connectivity index (χ4v) is 4.98. The van der Waals surface area contributed by atoms with Crippen LogP contribution in [0.1, 0.15) is 45.6 Å². The molecule has 0 spiro atoms. The van der Waals surface area contributed by atoms with Crippen molar-refractivity contribution in [3.63, 3.8) is 0 Å². The molecule has 2 rings (SSSR count). The smallest absolute Gasteiger partial charge is 0.243 e. The van der Waals surface area contributed by atoms with Crippen molar-refractivity contribution in [2.24, 2.45) is 5.92 Å². The Morgan fingerprint density at radius 3 is 2.76 bits per heavy atom. The number of aryl methyl sites for hydroxylation is 1. The van der Waals surface area contributed by atoms with E-state index in [1.165, 1.54) is 4.31 Å². The van der Waals surface area contributed by atoms with Gasteiger partial charge >= 0.3 is 0 Å². The number of carbonyl (C=O) groups excluding carboxylic acids is 1. The molecule has 8 heteroatoms. The Morgan fingerprint density at radius 2 is 2.10 bits per heavy atom. The molecule has 1 aromatic rings. The molecule has 1 heterocycles. The quantitative estimate of drug-likeness (QED) is 0.582. The minimum atomic E-state index is -3.64. The fourth-order valence-electron chi connectivity index (χ4n) is 3.37. The summed E-state index contributed by atoms with van der Waals surface area (Å²) >= 11 is 0. The monoisotopic (exact) mass is 426 g/mol. The van der Waals surface area contributed by atoms with Crippen molar-refractivity contribution < 1.29 is 22.7 Å². The van der Waals surface area contributed by atoms with Crippen molar-refractivity contribution in [2.45, 2.75) is 58.0 Å². The van der Waals surface area contributed by atoms with Gasteiger partial charge in [0.25, 0.3) is 0 Å². The molecule has 0 saturated carbocycles. The molecule has 1 amide bonds. The maximum atomic E-state index is 13.1. The first-order valence-electron chi connectivity index (χ1n) is 10.4. The summed E-state index contributed by atoms with van der Waals surface area (Å²) in [4.78, 5) is 12.7. The number of benzene rings is 1. The van der Waals surface area contributed by atoms with Gasteiger partial charge in [0.1, 0.15) is 5.75 Å². The van der Waals surface area contributed by atoms with Gasteiger partial charge < -0.3 is 14.8 Å². The van der Waals surface area contributed by atoms with Gasteiger partial charge in [0, 0.05) is 26.2 Å². The number of ether oxygens (including phenoxy) is 2. The number of carbonyl (C=O) groups is 1. The highest BCUT2D eigenvalue weighted by Crippen LogP contribution is 2.27. The number of rotatable bonds is 10. The number of hydrogen-bond acceptors (Lipinski definition) is 5. The highest BCUT2D eigenvalue weighted by molar-refractivity contribution is 7.89. The second-order valence-corrected chi connectivity index (χ2v) is 9.56. The lowest BCUT2D eigenvalue weighted by atomic mass is 9.99. The molecule has 1 aliphatic heterocycles. The van der Waals surface area contributed by atoms with Gasteiger partial charge in [-0.1, -0.05) is 0 Å². The zero-order valence-electron chi connectivity index (χ0n) is 17.9. The van der Waals surface area contributed by atoms with E-state index in [9.17, 15) is 13.2 Å². The molecule has 0 radical (unpaired) electrons. The van der Waals surface area contributed by atoms with Crippen LogP contribution in [0.25, 0.3) is 0 Å². The van der Waals surface area contributed by atoms with Crippen LogP contribution in [0.2, 0.25) is 0 Å². The van der Waals surface area contributed by atoms with Gasteiger partial charge in [0.15, 0.2) is 0 Å². The van der Waals surface area contributed by atoms with E-state index in [4.69, 9.17) is 9.47 Å². The number of sulfonamides is 1. The van der Waals surface area contributed by atoms with Crippen LogP contribution in [-0.2, 0) is 19.6 Å². The largest absolute Gasteiger partial charge is 0.494 e. The van der Waals surface area contributed by atoms with E-state index in [-0.39, 0.29) is 29.4 Å². The zero-order chi connectivity index (χ0) is 21.4. The Bertz CT molecular complexity index is 779. The van der Waals surface area contributed by atoms with Crippen LogP contribution in [0, 0.1) is 12.8 Å². The first-order chi connectivity index (χ1) is 13.8. The van der Waals surface area contributed by atoms with Crippen LogP contribution in [0.3, 0.4) is 0 Å². The molecule has 1 saturated heterocycles. The fraction of sp³-hybridized carbons (Fsp3) is 0.667. The van der Waals surface area contributed by atoms with Crippen LogP contribution in [0.5, 0.6) is 5.75 Å². The van der Waals surface area contributed by atoms with Crippen LogP contribution in [-0.4, -0.2) is 57.6 Å². The van der Waals surface area contributed by atoms with Gasteiger partial charge in [-0.3, -0.25) is 4.79 Å². The van der Waals surface area contributed by atoms with Crippen LogP contribution in [0.15, 0.2) is 23.1 Å². The molecule has 164 valence electrons. The van der Waals surface area contributed by atoms with Gasteiger partial charge in [0.05, 0.1) is 23.5 Å². The Balaban J connectivity index is 1.96. The average Bonchev–Trinajstić information content (AvgIpc) is 2.69. The Hall–Kier alpha value is -1.64. The molecule has 29 heavy (non-hydrogen) atoms. The van der Waals surface area contributed by atoms with Crippen molar-refractivity contribution in [1.29, 1.82) is 0 Å². The second kappa shape index (κ2) is 10.9. The molecular weight excluding hydrogens is 392 g/mol. The third-order valence-electron chi connectivity index (χ3n) is 4.91. The third-order valence-corrected chi connectivity index (χ3v) is 6.77. The van der Waals surface area contributed by atoms with Crippen molar-refractivity contribution >= 4 is 15.9 Å². The van der Waals surface area contributed by atoms with Crippen LogP contribution in [0.4, 0.5) is 0 Å². The van der Waals surface area contributed by atoms with Crippen molar-refractivity contribution in [3.05, 3.63) is 23.8 Å². The summed E-state index contributed by atoms with van der Waals surface area (Å²) in [6, 6.07) is 4.91. The topological polar surface area (TPSA) is 84.9 Å². The summed E-state index contributed by atoms with van der Waals surface area (Å²) in [6.45, 7) is 9.97. The predicted octanol–water partition coefficient (Wildman–Crippen LogP) is 2.73. The summed E-state index contributed by atoms with van der Waals surface area (Å²) in [5.41, 5.74) is 0.780. The standard InChI is InChI=1S/C21H34N2O5S/c1-5-27-20-10-9-19(14-17(20)4)29(25,26)23-12-6-8-18(15-23)21(24)22-11-7-13-28-16(2)3/h9-10,14,16,18H,5-8,11-13,15H2,1-4H3,(H,22,24)/t18-/m1/s1. The van der Waals surface area contributed by atoms with E-state index in [1.54, 1.807) is 18.2 Å². The molecule has 1 atom stereocenters. The number of hydrogen-bond donors (Lipinski definition) is 1. The molecule has 0 bridgehead atoms. The average molecular weight is 427 g/mol. The highest BCUT2D eigenvalue weighted by Gasteiger charge is 2.33. The molecular formula is C21H34N2O5S. The first kappa shape index (κ1) is 23.6. The Morgan fingerprint density at radius 1 is 1.34 bits per heavy atom. The Labute approximate surface area is 174 Å². The number of nitrogens with zero attached hydrogens (tertiary/aromatic N) is 1. The van der Waals surface area contributed by atoms with Gasteiger partial charge in [0.2, 0.25) is 15.9 Å². The predicted molar refractivity (Wildman–Crippen MR) is 113 cm³/mol. The molecule has 1 N–H and O–H groups in total. The Kier molecular flexibility index (Phi) is 8.92. The molecule has 1 aromatic carbocycles. The SMILES string of the molecule is CCOc1ccc(S(=O)(=O)N2CCC[C@@H](C(=O)NCCCOC(C)C)C2)cc1C. The lowest BCUT2D eigenvalue weighted by Crippen LogP contribution is -2.45. The lowest BCUT2D eigenvalue weighted by Gasteiger charge is -2.31. The van der Waals surface area contributed by atoms with E-state index in [0.29, 0.717) is 44.9 Å². The molecule has 0 aromatic heterocycles. The van der Waals surface area contributed by atoms with Gasteiger partial charge in [-0.25, -0.2) is 8.42 Å². The van der Waals surface area contributed by atoms with Gasteiger partial charge in [-0.05, 0) is 70.7 Å². The molecule has 7 nitrogen and oxygen atoms in total. The number of piperidine rings is 1. The van der Waals surface area contributed by atoms with E-state index in [0.717, 1.165) is 12.0 Å². The summed E-state index contributed by atoms with van der Waals surface area (Å²) < 4.78 is 38.5. The zero-order valence-corrected chi connectivity index (χ0v) is 18.8. The minimum absolute atomic E-state index is 0.0858. The first-order valence-corrected chi connectivity index (χ1v) is 11.8. The summed E-state index contributed by atoms with van der Waals surface area (Å²) in [6.07, 6.45) is 2.28. The number of nitrogens with one attached hydrogen (secondary N) is 1. The molecule has 1 fully saturated rings. The van der Waals surface area contributed by atoms with E-state index < -0.39 is 10.0 Å². The van der Waals surface area contributed by atoms with Crippen LogP contribution < -0.4 is 10.1 Å². The van der Waals surface area contributed by atoms with E-state index >= 15 is 0 Å². The summed E-state index contributed by atoms with van der Waals surface area (Å²) in [7, 11) is -3.64.